The minimum atomic E-state index is -0.269. The number of hydrogen-bond donors (Lipinski definition) is 3. The van der Waals surface area contributed by atoms with Crippen LogP contribution in [0.3, 0.4) is 0 Å². The van der Waals surface area contributed by atoms with Crippen LogP contribution in [0.15, 0.2) is 78.9 Å². The van der Waals surface area contributed by atoms with Crippen molar-refractivity contribution in [3.63, 3.8) is 0 Å². The summed E-state index contributed by atoms with van der Waals surface area (Å²) in [6, 6.07) is 23.3. The van der Waals surface area contributed by atoms with Gasteiger partial charge in [0, 0.05) is 20.5 Å². The van der Waals surface area contributed by atoms with Crippen LogP contribution in [0.25, 0.3) is 0 Å². The number of carbonyl (C=O) groups is 2. The van der Waals surface area contributed by atoms with Crippen molar-refractivity contribution >= 4 is 63.1 Å². The molecule has 3 N–H and O–H groups in total. The predicted octanol–water partition coefficient (Wildman–Crippen LogP) is 4.67. The average molecular weight is 501 g/mol. The number of benzene rings is 3. The monoisotopic (exact) mass is 501 g/mol. The molecule has 0 aliphatic rings. The Hall–Kier alpha value is -2.78. The molecule has 3 aromatic rings. The highest BCUT2D eigenvalue weighted by molar-refractivity contribution is 14.1. The molecule has 0 radical (unpaired) electrons. The average Bonchev–Trinajstić information content (AvgIpc) is 2.70. The third-order valence-corrected chi connectivity index (χ3v) is 4.93. The Balaban J connectivity index is 1.56. The fourth-order valence-corrected chi connectivity index (χ4v) is 3.25. The molecule has 0 atom stereocenters. The van der Waals surface area contributed by atoms with Gasteiger partial charge in [0.1, 0.15) is 0 Å². The van der Waals surface area contributed by atoms with E-state index in [1.165, 1.54) is 0 Å². The van der Waals surface area contributed by atoms with Crippen LogP contribution in [0.5, 0.6) is 0 Å². The normalized spacial score (nSPS) is 10.0. The topological polar surface area (TPSA) is 70.2 Å². The Labute approximate surface area is 181 Å². The van der Waals surface area contributed by atoms with E-state index in [0.717, 1.165) is 3.57 Å². The SMILES string of the molecule is O=C(Nc1ccc(NC(=S)NC(=O)c2ccccc2I)cc1)c1ccccc1. The molecule has 0 aliphatic heterocycles. The number of rotatable bonds is 4. The molecule has 0 spiro atoms. The lowest BCUT2D eigenvalue weighted by Crippen LogP contribution is -2.34. The Morgan fingerprint density at radius 2 is 1.29 bits per heavy atom. The second-order valence-electron chi connectivity index (χ2n) is 5.79. The molecule has 0 unspecified atom stereocenters. The van der Waals surface area contributed by atoms with Gasteiger partial charge in [-0.1, -0.05) is 30.3 Å². The van der Waals surface area contributed by atoms with E-state index in [2.05, 4.69) is 38.5 Å². The van der Waals surface area contributed by atoms with Crippen LogP contribution >= 0.6 is 34.8 Å². The van der Waals surface area contributed by atoms with Crippen LogP contribution in [-0.2, 0) is 0 Å². The summed E-state index contributed by atoms with van der Waals surface area (Å²) in [4.78, 5) is 24.5. The first-order chi connectivity index (χ1) is 13.5. The van der Waals surface area contributed by atoms with Crippen molar-refractivity contribution in [2.75, 3.05) is 10.6 Å². The molecule has 0 aromatic heterocycles. The van der Waals surface area contributed by atoms with E-state index >= 15 is 0 Å². The molecule has 140 valence electrons. The first-order valence-electron chi connectivity index (χ1n) is 8.36. The zero-order chi connectivity index (χ0) is 19.9. The van der Waals surface area contributed by atoms with Crippen molar-refractivity contribution in [1.82, 2.24) is 5.32 Å². The third-order valence-electron chi connectivity index (χ3n) is 3.78. The number of amides is 2. The Morgan fingerprint density at radius 1 is 0.714 bits per heavy atom. The number of halogens is 1. The maximum Gasteiger partial charge on any atom is 0.258 e. The number of carbonyl (C=O) groups excluding carboxylic acids is 2. The van der Waals surface area contributed by atoms with Gasteiger partial charge < -0.3 is 10.6 Å². The van der Waals surface area contributed by atoms with Gasteiger partial charge in [-0.05, 0) is 83.3 Å². The lowest BCUT2D eigenvalue weighted by atomic mass is 10.2. The zero-order valence-corrected chi connectivity index (χ0v) is 17.6. The molecule has 2 amide bonds. The van der Waals surface area contributed by atoms with Gasteiger partial charge in [0.05, 0.1) is 5.56 Å². The van der Waals surface area contributed by atoms with Gasteiger partial charge in [-0.15, -0.1) is 0 Å². The van der Waals surface area contributed by atoms with Crippen molar-refractivity contribution < 1.29 is 9.59 Å². The first-order valence-corrected chi connectivity index (χ1v) is 9.85. The number of hydrogen-bond acceptors (Lipinski definition) is 3. The van der Waals surface area contributed by atoms with E-state index in [1.807, 2.05) is 30.3 Å². The van der Waals surface area contributed by atoms with Crippen LogP contribution in [0.1, 0.15) is 20.7 Å². The van der Waals surface area contributed by atoms with E-state index in [1.54, 1.807) is 48.5 Å². The summed E-state index contributed by atoms with van der Waals surface area (Å²) < 4.78 is 0.846. The van der Waals surface area contributed by atoms with Crippen LogP contribution < -0.4 is 16.0 Å². The highest BCUT2D eigenvalue weighted by atomic mass is 127. The molecule has 0 bridgehead atoms. The third kappa shape index (κ3) is 5.37. The summed E-state index contributed by atoms with van der Waals surface area (Å²) in [6.45, 7) is 0. The lowest BCUT2D eigenvalue weighted by molar-refractivity contribution is 0.0975. The van der Waals surface area contributed by atoms with Gasteiger partial charge in [-0.2, -0.15) is 0 Å². The van der Waals surface area contributed by atoms with Gasteiger partial charge in [-0.25, -0.2) is 0 Å². The molecular formula is C21H16IN3O2S. The maximum atomic E-state index is 12.3. The second-order valence-corrected chi connectivity index (χ2v) is 7.36. The summed E-state index contributed by atoms with van der Waals surface area (Å²) in [5, 5.41) is 8.65. The number of anilines is 2. The first kappa shape index (κ1) is 20.0. The van der Waals surface area contributed by atoms with E-state index in [9.17, 15) is 9.59 Å². The quantitative estimate of drug-likeness (QED) is 0.359. The van der Waals surface area contributed by atoms with Crippen LogP contribution in [0, 0.1) is 3.57 Å². The molecular weight excluding hydrogens is 485 g/mol. The molecule has 3 aromatic carbocycles. The van der Waals surface area contributed by atoms with Crippen molar-refractivity contribution in [3.05, 3.63) is 93.6 Å². The molecule has 0 heterocycles. The molecule has 3 rings (SSSR count). The van der Waals surface area contributed by atoms with Crippen molar-refractivity contribution in [2.45, 2.75) is 0 Å². The van der Waals surface area contributed by atoms with Crippen molar-refractivity contribution in [1.29, 1.82) is 0 Å². The van der Waals surface area contributed by atoms with Gasteiger partial charge >= 0.3 is 0 Å². The highest BCUT2D eigenvalue weighted by Crippen LogP contribution is 2.15. The fourth-order valence-electron chi connectivity index (χ4n) is 2.41. The fraction of sp³-hybridized carbons (Fsp3) is 0. The second kappa shape index (κ2) is 9.43. The molecule has 0 saturated heterocycles. The van der Waals surface area contributed by atoms with Crippen molar-refractivity contribution in [3.8, 4) is 0 Å². The van der Waals surface area contributed by atoms with Crippen LogP contribution in [0.2, 0.25) is 0 Å². The zero-order valence-electron chi connectivity index (χ0n) is 14.6. The summed E-state index contributed by atoms with van der Waals surface area (Å²) in [7, 11) is 0. The van der Waals surface area contributed by atoms with Gasteiger partial charge in [0.2, 0.25) is 0 Å². The van der Waals surface area contributed by atoms with Crippen LogP contribution in [-0.4, -0.2) is 16.9 Å². The number of nitrogens with one attached hydrogen (secondary N) is 3. The van der Waals surface area contributed by atoms with Crippen LogP contribution in [0.4, 0.5) is 11.4 Å². The Morgan fingerprint density at radius 3 is 1.93 bits per heavy atom. The molecule has 5 nitrogen and oxygen atoms in total. The van der Waals surface area contributed by atoms with Gasteiger partial charge in [-0.3, -0.25) is 14.9 Å². The summed E-state index contributed by atoms with van der Waals surface area (Å²) in [5.41, 5.74) is 2.51. The van der Waals surface area contributed by atoms with E-state index in [0.29, 0.717) is 22.5 Å². The molecule has 0 aliphatic carbocycles. The Kier molecular flexibility index (Phi) is 6.72. The minimum Gasteiger partial charge on any atom is -0.332 e. The van der Waals surface area contributed by atoms with Gasteiger partial charge in [0.15, 0.2) is 5.11 Å². The predicted molar refractivity (Wildman–Crippen MR) is 124 cm³/mol. The molecule has 0 fully saturated rings. The van der Waals surface area contributed by atoms with E-state index < -0.39 is 0 Å². The summed E-state index contributed by atoms with van der Waals surface area (Å²) in [5.74, 6) is -0.448. The number of thiocarbonyl (C=S) groups is 1. The largest absolute Gasteiger partial charge is 0.332 e. The molecule has 28 heavy (non-hydrogen) atoms. The van der Waals surface area contributed by atoms with E-state index in [4.69, 9.17) is 12.2 Å². The molecule has 0 saturated carbocycles. The maximum absolute atomic E-state index is 12.3. The van der Waals surface area contributed by atoms with Crippen molar-refractivity contribution in [2.24, 2.45) is 0 Å². The molecule has 7 heteroatoms. The Bertz CT molecular complexity index is 1010. The smallest absolute Gasteiger partial charge is 0.258 e. The van der Waals surface area contributed by atoms with E-state index in [-0.39, 0.29) is 16.9 Å². The summed E-state index contributed by atoms with van der Waals surface area (Å²) >= 11 is 7.31. The van der Waals surface area contributed by atoms with Gasteiger partial charge in [0.25, 0.3) is 11.8 Å². The standard InChI is InChI=1S/C21H16IN3O2S/c22-18-9-5-4-8-17(18)20(27)25-21(28)24-16-12-10-15(11-13-16)23-19(26)14-6-2-1-3-7-14/h1-13H,(H,23,26)(H2,24,25,27,28). The highest BCUT2D eigenvalue weighted by Gasteiger charge is 2.11. The summed E-state index contributed by atoms with van der Waals surface area (Å²) in [6.07, 6.45) is 0. The minimum absolute atomic E-state index is 0.179. The lowest BCUT2D eigenvalue weighted by Gasteiger charge is -2.11.